The maximum Gasteiger partial charge on any atom is 0.249 e. The summed E-state index contributed by atoms with van der Waals surface area (Å²) < 4.78 is 6.19. The van der Waals surface area contributed by atoms with Crippen molar-refractivity contribution >= 4 is 30.3 Å². The molecule has 0 aliphatic heterocycles. The van der Waals surface area contributed by atoms with Crippen LogP contribution in [-0.2, 0) is 16.0 Å². The highest BCUT2D eigenvalue weighted by molar-refractivity contribution is 7.98. The number of benzene rings is 1. The maximum atomic E-state index is 13.0. The normalized spacial score (nSPS) is 16.3. The van der Waals surface area contributed by atoms with E-state index in [2.05, 4.69) is 37.1 Å². The van der Waals surface area contributed by atoms with E-state index >= 15 is 0 Å². The van der Waals surface area contributed by atoms with Gasteiger partial charge in [-0.25, -0.2) is 0 Å². The predicted octanol–water partition coefficient (Wildman–Crippen LogP) is 2.11. The van der Waals surface area contributed by atoms with Crippen molar-refractivity contribution in [2.75, 3.05) is 37.5 Å². The van der Waals surface area contributed by atoms with Crippen LogP contribution >= 0.6 is 24.4 Å². The second kappa shape index (κ2) is 16.8. The van der Waals surface area contributed by atoms with Gasteiger partial charge in [0, 0.05) is 30.8 Å². The van der Waals surface area contributed by atoms with E-state index in [1.807, 2.05) is 36.6 Å². The average Bonchev–Trinajstić information content (AvgIpc) is 2.80. The summed E-state index contributed by atoms with van der Waals surface area (Å²) in [5, 5.41) is 16.1. The van der Waals surface area contributed by atoms with Crippen LogP contribution in [0.2, 0.25) is 0 Å². The van der Waals surface area contributed by atoms with Crippen molar-refractivity contribution in [2.24, 2.45) is 11.7 Å². The Balaban J connectivity index is 2.84. The van der Waals surface area contributed by atoms with Gasteiger partial charge in [-0.05, 0) is 29.9 Å². The fraction of sp³-hybridized carbons (Fsp3) is 0.696. The molecule has 178 valence electrons. The van der Waals surface area contributed by atoms with Gasteiger partial charge < -0.3 is 26.2 Å². The summed E-state index contributed by atoms with van der Waals surface area (Å²) >= 11 is 5.95. The molecule has 0 bridgehead atoms. The molecule has 0 saturated carbocycles. The highest BCUT2D eigenvalue weighted by atomic mass is 32.2. The van der Waals surface area contributed by atoms with Gasteiger partial charge in [-0.1, -0.05) is 50.6 Å². The van der Waals surface area contributed by atoms with Crippen molar-refractivity contribution in [1.29, 1.82) is 0 Å². The summed E-state index contributed by atoms with van der Waals surface area (Å²) in [5.41, 5.74) is 7.05. The highest BCUT2D eigenvalue weighted by Crippen LogP contribution is 2.13. The van der Waals surface area contributed by atoms with Crippen LogP contribution in [0.3, 0.4) is 0 Å². The van der Waals surface area contributed by atoms with E-state index in [0.717, 1.165) is 24.2 Å². The third-order valence-electron chi connectivity index (χ3n) is 5.48. The number of amides is 1. The molecule has 1 aromatic carbocycles. The summed E-state index contributed by atoms with van der Waals surface area (Å²) in [6.45, 7) is 5.29. The molecular formula is C23H41N3O3S2. The Morgan fingerprint density at radius 3 is 2.61 bits per heavy atom. The van der Waals surface area contributed by atoms with Crippen LogP contribution in [0.15, 0.2) is 30.3 Å². The van der Waals surface area contributed by atoms with Crippen LogP contribution in [0, 0.1) is 5.92 Å². The third kappa shape index (κ3) is 11.6. The van der Waals surface area contributed by atoms with Gasteiger partial charge in [-0.3, -0.25) is 4.79 Å². The van der Waals surface area contributed by atoms with Gasteiger partial charge in [0.2, 0.25) is 5.91 Å². The van der Waals surface area contributed by atoms with Crippen molar-refractivity contribution in [3.05, 3.63) is 35.9 Å². The molecule has 0 heterocycles. The number of hydrogen-bond donors (Lipinski definition) is 5. The Bertz CT molecular complexity index is 595. The van der Waals surface area contributed by atoms with E-state index < -0.39 is 6.10 Å². The average molecular weight is 472 g/mol. The lowest BCUT2D eigenvalue weighted by Gasteiger charge is -2.28. The molecule has 0 aliphatic carbocycles. The lowest BCUT2D eigenvalue weighted by Crippen LogP contribution is -2.49. The van der Waals surface area contributed by atoms with Crippen LogP contribution < -0.4 is 16.4 Å². The fourth-order valence-corrected chi connectivity index (χ4v) is 3.76. The number of carbonyl (C=O) groups excluding carboxylic acids is 1. The first-order valence-corrected chi connectivity index (χ1v) is 13.1. The molecule has 0 radical (unpaired) electrons. The second-order valence-corrected chi connectivity index (χ2v) is 9.37. The molecule has 0 aromatic heterocycles. The zero-order valence-corrected chi connectivity index (χ0v) is 20.8. The molecule has 31 heavy (non-hydrogen) atoms. The molecule has 6 nitrogen and oxygen atoms in total. The molecular weight excluding hydrogens is 430 g/mol. The van der Waals surface area contributed by atoms with Gasteiger partial charge in [0.25, 0.3) is 0 Å². The first-order valence-electron chi connectivity index (χ1n) is 11.1. The van der Waals surface area contributed by atoms with Crippen molar-refractivity contribution in [3.63, 3.8) is 0 Å². The molecule has 5 atom stereocenters. The number of carbonyl (C=O) groups is 1. The second-order valence-electron chi connectivity index (χ2n) is 8.02. The van der Waals surface area contributed by atoms with Crippen LogP contribution in [-0.4, -0.2) is 72.8 Å². The monoisotopic (exact) mass is 471 g/mol. The predicted molar refractivity (Wildman–Crippen MR) is 135 cm³/mol. The van der Waals surface area contributed by atoms with Gasteiger partial charge in [-0.15, -0.1) is 0 Å². The number of thioether (sulfide) groups is 1. The van der Waals surface area contributed by atoms with Crippen LogP contribution in [0.4, 0.5) is 0 Å². The Hall–Kier alpha value is -0.770. The number of nitrogens with two attached hydrogens (primary N) is 1. The largest absolute Gasteiger partial charge is 0.394 e. The zero-order valence-electron chi connectivity index (χ0n) is 19.1. The van der Waals surface area contributed by atoms with Crippen molar-refractivity contribution < 1.29 is 14.6 Å². The third-order valence-corrected chi connectivity index (χ3v) is 6.59. The van der Waals surface area contributed by atoms with Gasteiger partial charge in [0.15, 0.2) is 0 Å². The minimum Gasteiger partial charge on any atom is -0.394 e. The first kappa shape index (κ1) is 28.3. The first-order chi connectivity index (χ1) is 14.9. The number of ether oxygens (including phenoxy) is 1. The molecule has 0 saturated heterocycles. The Kier molecular flexibility index (Phi) is 15.3. The standard InChI is InChI=1S/C23H41N3O3S2/c1-4-17(2)21(25-13-19(24)16-30)15-29-22(12-18-8-6-5-7-9-18)23(28)26-20(14-27)10-11-31-3/h5-9,17,19-22,25,27,30H,4,10-16,24H2,1-3H3,(H,26,28)/t17-,19+,20-,21+,22-/m0/s1. The number of aliphatic hydroxyl groups is 1. The SMILES string of the molecule is CC[C@H](C)[C@@H](CO[C@@H](Cc1ccccc1)C(=O)N[C@H](CO)CCSC)NC[C@@H](N)CS. The topological polar surface area (TPSA) is 96.6 Å². The van der Waals surface area contributed by atoms with Crippen molar-refractivity contribution in [2.45, 2.75) is 57.3 Å². The number of nitrogens with one attached hydrogen (secondary N) is 2. The minimum absolute atomic E-state index is 0.0277. The van der Waals surface area contributed by atoms with Crippen molar-refractivity contribution in [3.8, 4) is 0 Å². The smallest absolute Gasteiger partial charge is 0.249 e. The Morgan fingerprint density at radius 1 is 1.32 bits per heavy atom. The van der Waals surface area contributed by atoms with Crippen LogP contribution in [0.1, 0.15) is 32.3 Å². The Labute approximate surface area is 197 Å². The van der Waals surface area contributed by atoms with E-state index in [-0.39, 0.29) is 30.6 Å². The van der Waals surface area contributed by atoms with Crippen molar-refractivity contribution in [1.82, 2.24) is 10.6 Å². The zero-order chi connectivity index (χ0) is 23.1. The fourth-order valence-electron chi connectivity index (χ4n) is 3.11. The van der Waals surface area contributed by atoms with Crippen LogP contribution in [0.5, 0.6) is 0 Å². The van der Waals surface area contributed by atoms with Gasteiger partial charge in [0.05, 0.1) is 19.3 Å². The van der Waals surface area contributed by atoms with Crippen LogP contribution in [0.25, 0.3) is 0 Å². The van der Waals surface area contributed by atoms with E-state index in [1.165, 1.54) is 0 Å². The minimum atomic E-state index is -0.627. The number of thiol groups is 1. The maximum absolute atomic E-state index is 13.0. The molecule has 0 aliphatic rings. The quantitative estimate of drug-likeness (QED) is 0.223. The molecule has 0 spiro atoms. The summed E-state index contributed by atoms with van der Waals surface area (Å²) in [4.78, 5) is 13.0. The summed E-state index contributed by atoms with van der Waals surface area (Å²) in [5.74, 6) is 1.68. The molecule has 1 amide bonds. The molecule has 0 unspecified atom stereocenters. The molecule has 8 heteroatoms. The lowest BCUT2D eigenvalue weighted by atomic mass is 9.99. The Morgan fingerprint density at radius 2 is 2.03 bits per heavy atom. The van der Waals surface area contributed by atoms with Gasteiger partial charge >= 0.3 is 0 Å². The van der Waals surface area contributed by atoms with E-state index in [9.17, 15) is 9.90 Å². The van der Waals surface area contributed by atoms with Gasteiger partial charge in [0.1, 0.15) is 6.10 Å². The summed E-state index contributed by atoms with van der Waals surface area (Å²) in [6, 6.07) is 9.67. The molecule has 1 rings (SSSR count). The van der Waals surface area contributed by atoms with Gasteiger partial charge in [-0.2, -0.15) is 24.4 Å². The number of rotatable bonds is 17. The molecule has 1 aromatic rings. The lowest BCUT2D eigenvalue weighted by molar-refractivity contribution is -0.134. The number of hydrogen-bond acceptors (Lipinski definition) is 7. The van der Waals surface area contributed by atoms with E-state index in [1.54, 1.807) is 11.8 Å². The highest BCUT2D eigenvalue weighted by Gasteiger charge is 2.25. The molecule has 5 N–H and O–H groups in total. The van der Waals surface area contributed by atoms with E-state index in [4.69, 9.17) is 10.5 Å². The summed E-state index contributed by atoms with van der Waals surface area (Å²) in [7, 11) is 0. The van der Waals surface area contributed by atoms with E-state index in [0.29, 0.717) is 31.2 Å². The summed E-state index contributed by atoms with van der Waals surface area (Å²) in [6.07, 6.45) is 3.59. The molecule has 0 fully saturated rings. The number of aliphatic hydroxyl groups excluding tert-OH is 1.